The quantitative estimate of drug-likeness (QED) is 0.793. The second kappa shape index (κ2) is 6.29. The van der Waals surface area contributed by atoms with Crippen molar-refractivity contribution in [3.05, 3.63) is 22.8 Å². The van der Waals surface area contributed by atoms with Gasteiger partial charge in [0, 0.05) is 26.3 Å². The molecule has 1 aliphatic rings. The van der Waals surface area contributed by atoms with Crippen molar-refractivity contribution in [3.63, 3.8) is 0 Å². The number of carbonyl (C=O) groups is 1. The number of nitrogens with zero attached hydrogens (tertiary/aromatic N) is 2. The molecule has 1 saturated heterocycles. The van der Waals surface area contributed by atoms with Gasteiger partial charge in [-0.15, -0.1) is 0 Å². The molecular formula is C13H14ClF3N2O3. The van der Waals surface area contributed by atoms with E-state index in [1.807, 2.05) is 0 Å². The van der Waals surface area contributed by atoms with Crippen LogP contribution < -0.4 is 4.90 Å². The highest BCUT2D eigenvalue weighted by molar-refractivity contribution is 6.33. The Hall–Kier alpha value is -1.54. The number of halogens is 4. The third-order valence-electron chi connectivity index (χ3n) is 3.49. The largest absolute Gasteiger partial charge is 0.467 e. The Morgan fingerprint density at radius 2 is 2.14 bits per heavy atom. The summed E-state index contributed by atoms with van der Waals surface area (Å²) in [7, 11) is 2.73. The predicted molar refractivity (Wildman–Crippen MR) is 72.8 cm³/mol. The molecule has 9 heteroatoms. The lowest BCUT2D eigenvalue weighted by molar-refractivity contribution is -0.142. The number of hydrogen-bond donors (Lipinski definition) is 0. The summed E-state index contributed by atoms with van der Waals surface area (Å²) in [6, 6.07) is 0.0925. The van der Waals surface area contributed by atoms with Crippen molar-refractivity contribution in [1.29, 1.82) is 0 Å². The topological polar surface area (TPSA) is 51.7 Å². The van der Waals surface area contributed by atoms with Gasteiger partial charge >= 0.3 is 12.1 Å². The van der Waals surface area contributed by atoms with E-state index in [1.54, 1.807) is 0 Å². The molecule has 1 aliphatic heterocycles. The van der Waals surface area contributed by atoms with E-state index in [9.17, 15) is 18.0 Å². The minimum absolute atomic E-state index is 0.101. The number of esters is 1. The molecule has 0 unspecified atom stereocenters. The molecule has 0 amide bonds. The van der Waals surface area contributed by atoms with Gasteiger partial charge in [0.15, 0.2) is 0 Å². The van der Waals surface area contributed by atoms with E-state index in [1.165, 1.54) is 19.1 Å². The molecule has 0 spiro atoms. The molecule has 0 radical (unpaired) electrons. The maximum atomic E-state index is 12.6. The first-order valence-corrected chi connectivity index (χ1v) is 6.75. The lowest BCUT2D eigenvalue weighted by Gasteiger charge is -2.24. The maximum absolute atomic E-state index is 12.6. The first kappa shape index (κ1) is 16.8. The first-order chi connectivity index (χ1) is 10.3. The number of ether oxygens (including phenoxy) is 2. The van der Waals surface area contributed by atoms with Gasteiger partial charge in [-0.05, 0) is 6.07 Å². The third kappa shape index (κ3) is 3.27. The highest BCUT2D eigenvalue weighted by Gasteiger charge is 2.40. The number of rotatable bonds is 3. The minimum Gasteiger partial charge on any atom is -0.467 e. The summed E-state index contributed by atoms with van der Waals surface area (Å²) in [5.74, 6) is -0.415. The van der Waals surface area contributed by atoms with Crippen LogP contribution in [0.25, 0.3) is 0 Å². The zero-order valence-electron chi connectivity index (χ0n) is 11.9. The molecule has 122 valence electrons. The average Bonchev–Trinajstić information content (AvgIpc) is 2.89. The van der Waals surface area contributed by atoms with Gasteiger partial charge < -0.3 is 14.4 Å². The van der Waals surface area contributed by atoms with Crippen LogP contribution >= 0.6 is 11.6 Å². The zero-order chi connectivity index (χ0) is 16.5. The number of pyridine rings is 1. The highest BCUT2D eigenvalue weighted by Crippen LogP contribution is 2.36. The maximum Gasteiger partial charge on any atom is 0.417 e. The molecule has 0 saturated carbocycles. The number of aromatic nitrogens is 1. The minimum atomic E-state index is -4.53. The molecule has 2 heterocycles. The van der Waals surface area contributed by atoms with E-state index in [2.05, 4.69) is 4.98 Å². The molecule has 0 aromatic carbocycles. The smallest absolute Gasteiger partial charge is 0.417 e. The van der Waals surface area contributed by atoms with Crippen LogP contribution in [0.15, 0.2) is 12.3 Å². The van der Waals surface area contributed by atoms with Crippen LogP contribution in [0.2, 0.25) is 5.02 Å². The summed E-state index contributed by atoms with van der Waals surface area (Å²) < 4.78 is 47.9. The Morgan fingerprint density at radius 1 is 1.45 bits per heavy atom. The Bertz CT molecular complexity index is 568. The summed E-state index contributed by atoms with van der Waals surface area (Å²) in [5, 5.41) is -0.180. The van der Waals surface area contributed by atoms with Crippen molar-refractivity contribution in [3.8, 4) is 0 Å². The summed E-state index contributed by atoms with van der Waals surface area (Å²) in [6.07, 6.45) is -3.75. The molecular weight excluding hydrogens is 325 g/mol. The van der Waals surface area contributed by atoms with Gasteiger partial charge in [0.1, 0.15) is 11.9 Å². The summed E-state index contributed by atoms with van der Waals surface area (Å²) in [6.45, 7) is 0.286. The number of carbonyl (C=O) groups excluding carboxylic acids is 1. The normalized spacial score (nSPS) is 22.0. The second-order valence-corrected chi connectivity index (χ2v) is 5.22. The van der Waals surface area contributed by atoms with Crippen LogP contribution in [-0.2, 0) is 20.4 Å². The van der Waals surface area contributed by atoms with Gasteiger partial charge in [0.2, 0.25) is 0 Å². The van der Waals surface area contributed by atoms with Gasteiger partial charge in [-0.2, -0.15) is 13.2 Å². The third-order valence-corrected chi connectivity index (χ3v) is 3.77. The highest BCUT2D eigenvalue weighted by atomic mass is 35.5. The van der Waals surface area contributed by atoms with Crippen LogP contribution in [0.4, 0.5) is 19.0 Å². The Labute approximate surface area is 130 Å². The number of alkyl halides is 3. The van der Waals surface area contributed by atoms with Crippen LogP contribution in [0, 0.1) is 0 Å². The SMILES string of the molecule is COC(=O)[C@H]1C[C@H](OC)CN1c1ncc(C(F)(F)F)cc1Cl. The van der Waals surface area contributed by atoms with Crippen LogP contribution in [0.1, 0.15) is 12.0 Å². The van der Waals surface area contributed by atoms with Crippen molar-refractivity contribution < 1.29 is 27.4 Å². The molecule has 5 nitrogen and oxygen atoms in total. The van der Waals surface area contributed by atoms with Crippen LogP contribution in [0.3, 0.4) is 0 Å². The van der Waals surface area contributed by atoms with Gasteiger partial charge in [0.05, 0.1) is 23.8 Å². The fourth-order valence-corrected chi connectivity index (χ4v) is 2.63. The van der Waals surface area contributed by atoms with Crippen molar-refractivity contribution >= 4 is 23.4 Å². The summed E-state index contributed by atoms with van der Waals surface area (Å²) in [5.41, 5.74) is -0.946. The van der Waals surface area contributed by atoms with E-state index in [-0.39, 0.29) is 23.5 Å². The molecule has 0 N–H and O–H groups in total. The van der Waals surface area contributed by atoms with Gasteiger partial charge in [-0.1, -0.05) is 11.6 Å². The molecule has 1 aromatic rings. The number of anilines is 1. The van der Waals surface area contributed by atoms with Gasteiger partial charge in [0.25, 0.3) is 0 Å². The van der Waals surface area contributed by atoms with Gasteiger partial charge in [-0.3, -0.25) is 0 Å². The first-order valence-electron chi connectivity index (χ1n) is 6.38. The Kier molecular flexibility index (Phi) is 4.81. The van der Waals surface area contributed by atoms with E-state index < -0.39 is 23.8 Å². The Balaban J connectivity index is 2.34. The Morgan fingerprint density at radius 3 is 2.64 bits per heavy atom. The van der Waals surface area contributed by atoms with Crippen molar-refractivity contribution in [2.24, 2.45) is 0 Å². The van der Waals surface area contributed by atoms with Crippen molar-refractivity contribution in [2.45, 2.75) is 24.7 Å². The molecule has 0 aliphatic carbocycles. The average molecular weight is 339 g/mol. The summed E-state index contributed by atoms with van der Waals surface area (Å²) >= 11 is 5.92. The molecule has 1 fully saturated rings. The summed E-state index contributed by atoms with van der Waals surface area (Å²) in [4.78, 5) is 17.1. The molecule has 1 aromatic heterocycles. The van der Waals surface area contributed by atoms with E-state index in [0.29, 0.717) is 12.6 Å². The second-order valence-electron chi connectivity index (χ2n) is 4.81. The van der Waals surface area contributed by atoms with Crippen molar-refractivity contribution in [1.82, 2.24) is 4.98 Å². The van der Waals surface area contributed by atoms with Crippen LogP contribution in [0.5, 0.6) is 0 Å². The van der Waals surface area contributed by atoms with E-state index in [0.717, 1.165) is 6.07 Å². The van der Waals surface area contributed by atoms with E-state index in [4.69, 9.17) is 21.1 Å². The fourth-order valence-electron chi connectivity index (χ4n) is 2.36. The molecule has 22 heavy (non-hydrogen) atoms. The molecule has 2 rings (SSSR count). The predicted octanol–water partition coefficient (Wildman–Crippen LogP) is 2.52. The van der Waals surface area contributed by atoms with E-state index >= 15 is 0 Å². The van der Waals surface area contributed by atoms with Gasteiger partial charge in [-0.25, -0.2) is 9.78 Å². The van der Waals surface area contributed by atoms with Crippen LogP contribution in [-0.4, -0.2) is 43.9 Å². The zero-order valence-corrected chi connectivity index (χ0v) is 12.6. The number of methoxy groups -OCH3 is 2. The standard InChI is InChI=1S/C13H14ClF3N2O3/c1-21-8-4-10(12(20)22-2)19(6-8)11-9(14)3-7(5-18-11)13(15,16)17/h3,5,8,10H,4,6H2,1-2H3/t8-,10+/m0/s1. The lowest BCUT2D eigenvalue weighted by Crippen LogP contribution is -2.37. The lowest BCUT2D eigenvalue weighted by atomic mass is 10.2. The molecule has 0 bridgehead atoms. The monoisotopic (exact) mass is 338 g/mol. The number of hydrogen-bond acceptors (Lipinski definition) is 5. The van der Waals surface area contributed by atoms with Crippen molar-refractivity contribution in [2.75, 3.05) is 25.7 Å². The molecule has 2 atom stereocenters. The fraction of sp³-hybridized carbons (Fsp3) is 0.538.